The van der Waals surface area contributed by atoms with Crippen LogP contribution in [0.1, 0.15) is 25.3 Å². The van der Waals surface area contributed by atoms with Gasteiger partial charge in [0.25, 0.3) is 5.91 Å². The summed E-state index contributed by atoms with van der Waals surface area (Å²) in [6.45, 7) is 2.86. The van der Waals surface area contributed by atoms with Gasteiger partial charge in [0.15, 0.2) is 0 Å². The number of benzene rings is 1. The molecular weight excluding hydrogens is 266 g/mol. The smallest absolute Gasteiger partial charge is 0.257 e. The minimum atomic E-state index is -0.114. The fourth-order valence-corrected chi connectivity index (χ4v) is 2.56. The first kappa shape index (κ1) is 13.8. The molecule has 0 radical (unpaired) electrons. The number of hydrogen-bond acceptors (Lipinski definition) is 4. The van der Waals surface area contributed by atoms with Gasteiger partial charge in [-0.3, -0.25) is 4.79 Å². The van der Waals surface area contributed by atoms with Gasteiger partial charge in [-0.25, -0.2) is 5.43 Å². The number of carbonyl (C=O) groups excluding carboxylic acids is 1. The number of rotatable bonds is 3. The first-order valence-electron chi connectivity index (χ1n) is 7.27. The molecule has 1 saturated heterocycles. The third kappa shape index (κ3) is 3.13. The molecule has 0 bridgehead atoms. The van der Waals surface area contributed by atoms with E-state index < -0.39 is 0 Å². The maximum Gasteiger partial charge on any atom is 0.257 e. The zero-order chi connectivity index (χ0) is 14.7. The second-order valence-corrected chi connectivity index (χ2v) is 5.33. The minimum absolute atomic E-state index is 0.0749. The molecule has 0 unspecified atom stereocenters. The Morgan fingerprint density at radius 2 is 2.33 bits per heavy atom. The number of carbonyl (C=O) groups is 1. The maximum absolute atomic E-state index is 11.8. The Balaban J connectivity index is 1.65. The minimum Gasteiger partial charge on any atom is -0.485 e. The normalized spacial score (nSPS) is 24.3. The molecule has 2 aliphatic rings. The predicted molar refractivity (Wildman–Crippen MR) is 82.2 cm³/mol. The maximum atomic E-state index is 11.8. The average molecular weight is 285 g/mol. The molecule has 3 rings (SSSR count). The van der Waals surface area contributed by atoms with E-state index in [4.69, 9.17) is 4.74 Å². The van der Waals surface area contributed by atoms with Gasteiger partial charge in [-0.2, -0.15) is 5.10 Å². The van der Waals surface area contributed by atoms with Crippen molar-refractivity contribution in [3.63, 3.8) is 0 Å². The first-order chi connectivity index (χ1) is 10.2. The van der Waals surface area contributed by atoms with Crippen LogP contribution in [0.5, 0.6) is 5.75 Å². The van der Waals surface area contributed by atoms with Gasteiger partial charge in [-0.1, -0.05) is 18.2 Å². The highest BCUT2D eigenvalue weighted by Gasteiger charge is 2.21. The summed E-state index contributed by atoms with van der Waals surface area (Å²) in [5.41, 5.74) is 4.55. The van der Waals surface area contributed by atoms with Crippen molar-refractivity contribution < 1.29 is 9.53 Å². The van der Waals surface area contributed by atoms with E-state index in [0.29, 0.717) is 0 Å². The van der Waals surface area contributed by atoms with Gasteiger partial charge < -0.3 is 10.1 Å². The van der Waals surface area contributed by atoms with E-state index in [2.05, 4.69) is 15.8 Å². The fraction of sp³-hybridized carbons (Fsp3) is 0.375. The molecular formula is C16H19N3O2. The topological polar surface area (TPSA) is 62.7 Å². The van der Waals surface area contributed by atoms with Crippen LogP contribution in [0.4, 0.5) is 0 Å². The lowest BCUT2D eigenvalue weighted by Crippen LogP contribution is -2.38. The van der Waals surface area contributed by atoms with Crippen LogP contribution >= 0.6 is 0 Å². The van der Waals surface area contributed by atoms with Crippen LogP contribution in [0.3, 0.4) is 0 Å². The Labute approximate surface area is 124 Å². The summed E-state index contributed by atoms with van der Waals surface area (Å²) in [7, 11) is 0. The van der Waals surface area contributed by atoms with Crippen molar-refractivity contribution in [3.8, 4) is 5.75 Å². The highest BCUT2D eigenvalue weighted by Crippen LogP contribution is 2.28. The lowest BCUT2D eigenvalue weighted by atomic mass is 10.0. The fourth-order valence-electron chi connectivity index (χ4n) is 2.56. The van der Waals surface area contributed by atoms with E-state index in [1.54, 1.807) is 6.21 Å². The third-order valence-corrected chi connectivity index (χ3v) is 3.78. The van der Waals surface area contributed by atoms with Crippen molar-refractivity contribution in [2.24, 2.45) is 5.10 Å². The molecule has 5 heteroatoms. The third-order valence-electron chi connectivity index (χ3n) is 3.78. The summed E-state index contributed by atoms with van der Waals surface area (Å²) < 4.78 is 5.82. The molecule has 110 valence electrons. The zero-order valence-corrected chi connectivity index (χ0v) is 12.0. The Bertz CT molecular complexity index is 589. The molecule has 0 saturated carbocycles. The van der Waals surface area contributed by atoms with Crippen molar-refractivity contribution >= 4 is 18.2 Å². The van der Waals surface area contributed by atoms with Crippen LogP contribution in [0.2, 0.25) is 0 Å². The summed E-state index contributed by atoms with van der Waals surface area (Å²) in [5.74, 6) is 0.801. The molecule has 0 aromatic heterocycles. The molecule has 2 N–H and O–H groups in total. The SMILES string of the molecule is C[C@H]1Oc2ccccc2C=C1/C=N\NC(=O)[C@H]1CCCN1. The molecule has 1 fully saturated rings. The summed E-state index contributed by atoms with van der Waals surface area (Å²) in [6.07, 6.45) is 5.52. The number of fused-ring (bicyclic) bond motifs is 1. The second-order valence-electron chi connectivity index (χ2n) is 5.33. The van der Waals surface area contributed by atoms with Crippen molar-refractivity contribution in [1.29, 1.82) is 0 Å². The van der Waals surface area contributed by atoms with Crippen LogP contribution in [0, 0.1) is 0 Å². The summed E-state index contributed by atoms with van der Waals surface area (Å²) >= 11 is 0. The monoisotopic (exact) mass is 285 g/mol. The first-order valence-corrected chi connectivity index (χ1v) is 7.27. The summed E-state index contributed by atoms with van der Waals surface area (Å²) in [4.78, 5) is 11.8. The summed E-state index contributed by atoms with van der Waals surface area (Å²) in [5, 5.41) is 7.19. The quantitative estimate of drug-likeness (QED) is 0.656. The lowest BCUT2D eigenvalue weighted by Gasteiger charge is -2.22. The van der Waals surface area contributed by atoms with Gasteiger partial charge in [-0.05, 0) is 38.5 Å². The van der Waals surface area contributed by atoms with Gasteiger partial charge >= 0.3 is 0 Å². The van der Waals surface area contributed by atoms with Crippen molar-refractivity contribution in [2.75, 3.05) is 6.54 Å². The van der Waals surface area contributed by atoms with Crippen LogP contribution in [-0.2, 0) is 4.79 Å². The Morgan fingerprint density at radius 3 is 3.14 bits per heavy atom. The van der Waals surface area contributed by atoms with Crippen molar-refractivity contribution in [2.45, 2.75) is 31.9 Å². The molecule has 5 nitrogen and oxygen atoms in total. The van der Waals surface area contributed by atoms with Crippen LogP contribution in [0.15, 0.2) is 34.9 Å². The standard InChI is InChI=1S/C16H19N3O2/c1-11-13(9-12-5-2-3-7-15(12)21-11)10-18-19-16(20)14-6-4-8-17-14/h2-3,5,7,9-11,14,17H,4,6,8H2,1H3,(H,19,20)/b18-10-/t11-,14-/m1/s1. The largest absolute Gasteiger partial charge is 0.485 e. The van der Waals surface area contributed by atoms with E-state index >= 15 is 0 Å². The van der Waals surface area contributed by atoms with Crippen molar-refractivity contribution in [1.82, 2.24) is 10.7 Å². The summed E-state index contributed by atoms with van der Waals surface area (Å²) in [6, 6.07) is 7.75. The van der Waals surface area contributed by atoms with E-state index in [9.17, 15) is 4.79 Å². The van der Waals surface area contributed by atoms with Crippen LogP contribution in [0.25, 0.3) is 6.08 Å². The van der Waals surface area contributed by atoms with Gasteiger partial charge in [0.2, 0.25) is 0 Å². The van der Waals surface area contributed by atoms with Gasteiger partial charge in [0, 0.05) is 11.1 Å². The van der Waals surface area contributed by atoms with Gasteiger partial charge in [0.05, 0.1) is 12.3 Å². The number of hydrogen-bond donors (Lipinski definition) is 2. The number of nitrogens with zero attached hydrogens (tertiary/aromatic N) is 1. The molecule has 2 atom stereocenters. The van der Waals surface area contributed by atoms with E-state index in [1.807, 2.05) is 37.3 Å². The zero-order valence-electron chi connectivity index (χ0n) is 12.0. The van der Waals surface area contributed by atoms with Gasteiger partial charge in [-0.15, -0.1) is 0 Å². The second kappa shape index (κ2) is 6.10. The Kier molecular flexibility index (Phi) is 4.01. The molecule has 2 heterocycles. The molecule has 2 aliphatic heterocycles. The van der Waals surface area contributed by atoms with Crippen LogP contribution < -0.4 is 15.5 Å². The molecule has 21 heavy (non-hydrogen) atoms. The molecule has 1 aromatic carbocycles. The van der Waals surface area contributed by atoms with Gasteiger partial charge in [0.1, 0.15) is 11.9 Å². The predicted octanol–water partition coefficient (Wildman–Crippen LogP) is 1.70. The number of hydrazone groups is 1. The van der Waals surface area contributed by atoms with E-state index in [-0.39, 0.29) is 18.1 Å². The highest BCUT2D eigenvalue weighted by atomic mass is 16.5. The molecule has 1 amide bonds. The lowest BCUT2D eigenvalue weighted by molar-refractivity contribution is -0.122. The Morgan fingerprint density at radius 1 is 1.48 bits per heavy atom. The van der Waals surface area contributed by atoms with Crippen molar-refractivity contribution in [3.05, 3.63) is 35.4 Å². The van der Waals surface area contributed by atoms with E-state index in [0.717, 1.165) is 36.3 Å². The highest BCUT2D eigenvalue weighted by molar-refractivity contribution is 5.90. The Hall–Kier alpha value is -2.14. The molecule has 1 aromatic rings. The van der Waals surface area contributed by atoms with Crippen LogP contribution in [-0.4, -0.2) is 30.8 Å². The number of amides is 1. The average Bonchev–Trinajstić information content (AvgIpc) is 3.02. The number of nitrogens with one attached hydrogen (secondary N) is 2. The molecule has 0 aliphatic carbocycles. The molecule has 0 spiro atoms. The number of para-hydroxylation sites is 1. The van der Waals surface area contributed by atoms with E-state index in [1.165, 1.54) is 0 Å². The number of ether oxygens (including phenoxy) is 1.